The first kappa shape index (κ1) is 25.6. The van der Waals surface area contributed by atoms with Gasteiger partial charge in [-0.1, -0.05) is 5.16 Å². The lowest BCUT2D eigenvalue weighted by molar-refractivity contribution is -0.687. The van der Waals surface area contributed by atoms with Gasteiger partial charge in [-0.3, -0.25) is 14.5 Å². The second kappa shape index (κ2) is 10.0. The van der Waals surface area contributed by atoms with Crippen molar-refractivity contribution in [1.29, 1.82) is 0 Å². The highest BCUT2D eigenvalue weighted by Gasteiger charge is 2.54. The van der Waals surface area contributed by atoms with E-state index in [0.717, 1.165) is 27.4 Å². The number of aliphatic carboxylic acids is 1. The van der Waals surface area contributed by atoms with Crippen LogP contribution in [0.1, 0.15) is 15.4 Å². The minimum absolute atomic E-state index is 0.133. The van der Waals surface area contributed by atoms with Gasteiger partial charge in [0.05, 0.1) is 5.39 Å². The number of nitrogens with two attached hydrogens (primary N) is 1. The highest BCUT2D eigenvalue weighted by Crippen LogP contribution is 2.40. The zero-order valence-electron chi connectivity index (χ0n) is 19.5. The second-order valence-corrected chi connectivity index (χ2v) is 11.2. The molecule has 0 spiro atoms. The number of carbonyl (C=O) groups excluding carboxylic acids is 2. The Bertz CT molecular complexity index is 1560. The Morgan fingerprint density at radius 2 is 2.13 bits per heavy atom. The predicted molar refractivity (Wildman–Crippen MR) is 139 cm³/mol. The normalized spacial score (nSPS) is 19.2. The van der Waals surface area contributed by atoms with E-state index in [4.69, 9.17) is 10.6 Å². The van der Waals surface area contributed by atoms with Crippen LogP contribution in [0.2, 0.25) is 0 Å². The summed E-state index contributed by atoms with van der Waals surface area (Å²) in [5.74, 6) is -3.24. The number of carboxylic acids is 2. The molecular formula is C22H19N6O7S3+. The van der Waals surface area contributed by atoms with E-state index in [-0.39, 0.29) is 33.7 Å². The number of hydrogen-bond acceptors (Lipinski definition) is 11. The van der Waals surface area contributed by atoms with Crippen LogP contribution in [0.25, 0.3) is 10.1 Å². The number of rotatable bonds is 8. The molecule has 2 aliphatic rings. The maximum absolute atomic E-state index is 13.0. The van der Waals surface area contributed by atoms with Crippen LogP contribution in [0, 0.1) is 0 Å². The lowest BCUT2D eigenvalue weighted by Gasteiger charge is -2.49. The highest BCUT2D eigenvalue weighted by atomic mass is 32.2. The van der Waals surface area contributed by atoms with Crippen molar-refractivity contribution in [2.45, 2.75) is 18.0 Å². The summed E-state index contributed by atoms with van der Waals surface area (Å²) < 4.78 is 2.54. The Hall–Kier alpha value is -4.02. The topological polar surface area (TPSA) is 188 Å². The molecule has 5 rings (SSSR count). The lowest BCUT2D eigenvalue weighted by atomic mass is 10.0. The van der Waals surface area contributed by atoms with Crippen molar-refractivity contribution in [1.82, 2.24) is 15.2 Å². The fraction of sp³-hybridized carbons (Fsp3) is 0.227. The number of nitrogens with zero attached hydrogens (tertiary/aromatic N) is 4. The molecule has 1 unspecified atom stereocenters. The molecule has 1 saturated heterocycles. The van der Waals surface area contributed by atoms with Gasteiger partial charge < -0.3 is 26.1 Å². The minimum atomic E-state index is -1.26. The summed E-state index contributed by atoms with van der Waals surface area (Å²) in [6.45, 7) is 0.187. The van der Waals surface area contributed by atoms with E-state index in [2.05, 4.69) is 15.5 Å². The maximum Gasteiger partial charge on any atom is 0.352 e. The van der Waals surface area contributed by atoms with Crippen molar-refractivity contribution in [2.24, 2.45) is 5.16 Å². The predicted octanol–water partition coefficient (Wildman–Crippen LogP) is 0.715. The first-order valence-electron chi connectivity index (χ1n) is 10.9. The van der Waals surface area contributed by atoms with Gasteiger partial charge in [0.1, 0.15) is 34.8 Å². The third-order valence-corrected chi connectivity index (χ3v) is 8.91. The Balaban J connectivity index is 1.36. The van der Waals surface area contributed by atoms with E-state index in [0.29, 0.717) is 16.7 Å². The molecule has 0 radical (unpaired) electrons. The van der Waals surface area contributed by atoms with Crippen molar-refractivity contribution in [2.75, 3.05) is 18.6 Å². The summed E-state index contributed by atoms with van der Waals surface area (Å²) in [4.78, 5) is 59.6. The van der Waals surface area contributed by atoms with Crippen molar-refractivity contribution in [3.63, 3.8) is 0 Å². The molecule has 3 aromatic heterocycles. The number of thiophene rings is 1. The number of pyridine rings is 1. The summed E-state index contributed by atoms with van der Waals surface area (Å²) in [5, 5.41) is 27.4. The molecule has 2 atom stereocenters. The molecule has 0 saturated carbocycles. The van der Waals surface area contributed by atoms with Crippen LogP contribution < -0.4 is 15.6 Å². The van der Waals surface area contributed by atoms with Crippen molar-refractivity contribution < 1.29 is 38.8 Å². The molecule has 0 bridgehead atoms. The van der Waals surface area contributed by atoms with E-state index < -0.39 is 35.2 Å². The second-order valence-electron chi connectivity index (χ2n) is 8.16. The van der Waals surface area contributed by atoms with Gasteiger partial charge in [0.15, 0.2) is 29.8 Å². The number of aromatic nitrogens is 2. The SMILES string of the molecule is CO/N=C(\C(=O)NC1C(=O)N2C(C(=O)O)=C(C[n+]3ccc4sc(C(=O)O)cc4c3)CS[C@H]12)c1csc(N)n1. The number of thiazole rings is 1. The Labute approximate surface area is 226 Å². The van der Waals surface area contributed by atoms with Gasteiger partial charge in [0.2, 0.25) is 0 Å². The van der Waals surface area contributed by atoms with Gasteiger partial charge in [0, 0.05) is 27.5 Å². The van der Waals surface area contributed by atoms with Gasteiger partial charge in [-0.05, 0) is 6.07 Å². The number of fused-ring (bicyclic) bond motifs is 2. The van der Waals surface area contributed by atoms with Gasteiger partial charge in [-0.2, -0.15) is 0 Å². The zero-order valence-corrected chi connectivity index (χ0v) is 21.9. The summed E-state index contributed by atoms with van der Waals surface area (Å²) in [7, 11) is 1.26. The van der Waals surface area contributed by atoms with E-state index >= 15 is 0 Å². The molecule has 196 valence electrons. The van der Waals surface area contributed by atoms with Crippen molar-refractivity contribution in [3.8, 4) is 0 Å². The number of carbonyl (C=O) groups is 4. The van der Waals surface area contributed by atoms with Crippen molar-refractivity contribution >= 4 is 79.1 Å². The minimum Gasteiger partial charge on any atom is -0.477 e. The lowest BCUT2D eigenvalue weighted by Crippen LogP contribution is -2.71. The Morgan fingerprint density at radius 1 is 1.34 bits per heavy atom. The Kier molecular flexibility index (Phi) is 6.77. The largest absolute Gasteiger partial charge is 0.477 e. The van der Waals surface area contributed by atoms with Crippen LogP contribution in [0.5, 0.6) is 0 Å². The fourth-order valence-electron chi connectivity index (χ4n) is 4.17. The van der Waals surface area contributed by atoms with E-state index in [9.17, 15) is 29.4 Å². The third kappa shape index (κ3) is 4.57. The molecule has 3 aromatic rings. The number of hydrogen-bond donors (Lipinski definition) is 4. The zero-order chi connectivity index (χ0) is 27.1. The van der Waals surface area contributed by atoms with E-state index in [1.807, 2.05) is 0 Å². The molecule has 0 aliphatic carbocycles. The van der Waals surface area contributed by atoms with E-state index in [1.165, 1.54) is 29.2 Å². The molecule has 13 nitrogen and oxygen atoms in total. The van der Waals surface area contributed by atoms with Gasteiger partial charge in [0.25, 0.3) is 11.8 Å². The van der Waals surface area contributed by atoms with Gasteiger partial charge in [-0.15, -0.1) is 34.4 Å². The first-order chi connectivity index (χ1) is 18.2. The molecule has 16 heteroatoms. The highest BCUT2D eigenvalue weighted by molar-refractivity contribution is 8.00. The molecule has 38 heavy (non-hydrogen) atoms. The molecule has 5 N–H and O–H groups in total. The maximum atomic E-state index is 13.0. The van der Waals surface area contributed by atoms with E-state index in [1.54, 1.807) is 29.1 Å². The fourth-order valence-corrected chi connectivity index (χ4v) is 6.92. The number of nitrogen functional groups attached to an aromatic ring is 1. The van der Waals surface area contributed by atoms with Gasteiger partial charge >= 0.3 is 11.9 Å². The number of anilines is 1. The van der Waals surface area contributed by atoms with Crippen LogP contribution in [-0.2, 0) is 25.8 Å². The average molecular weight is 576 g/mol. The number of aromatic carboxylic acids is 1. The number of β-lactam (4-membered cyclic amide) rings is 1. The molecule has 5 heterocycles. The number of carboxylic acid groups (broad SMARTS) is 2. The monoisotopic (exact) mass is 575 g/mol. The van der Waals surface area contributed by atoms with Crippen LogP contribution in [0.3, 0.4) is 0 Å². The molecule has 2 aliphatic heterocycles. The van der Waals surface area contributed by atoms with Gasteiger partial charge in [-0.25, -0.2) is 19.1 Å². The first-order valence-corrected chi connectivity index (χ1v) is 13.6. The quantitative estimate of drug-likeness (QED) is 0.129. The number of oxime groups is 1. The van der Waals surface area contributed by atoms with Crippen LogP contribution in [0.4, 0.5) is 5.13 Å². The van der Waals surface area contributed by atoms with Crippen LogP contribution in [-0.4, -0.2) is 73.8 Å². The third-order valence-electron chi connectivity index (χ3n) is 5.80. The Morgan fingerprint density at radius 3 is 2.79 bits per heavy atom. The number of nitrogens with one attached hydrogen (secondary N) is 1. The molecule has 2 amide bonds. The standard InChI is InChI=1S/C22H18N6O7S3/c1-35-26-14(11-8-37-22(23)24-11)17(29)25-15-18(30)28-16(21(33)34)10(7-36-19(15)28)6-27-3-2-12-9(5-27)4-13(38-12)20(31)32/h2-5,8,15,19H,6-7H2,1H3,(H4-,23,24,25,29,31,32,33,34)/p+1/b26-14-/t15?,19-/m1/s1. The smallest absolute Gasteiger partial charge is 0.352 e. The van der Waals surface area contributed by atoms with Crippen LogP contribution in [0.15, 0.2) is 46.3 Å². The average Bonchev–Trinajstić information content (AvgIpc) is 3.51. The number of thioether (sulfide) groups is 1. The summed E-state index contributed by atoms with van der Waals surface area (Å²) >= 11 is 3.59. The summed E-state index contributed by atoms with van der Waals surface area (Å²) in [5.41, 5.74) is 6.05. The molecule has 0 aromatic carbocycles. The van der Waals surface area contributed by atoms with Crippen molar-refractivity contribution in [3.05, 3.63) is 51.7 Å². The molecular weight excluding hydrogens is 556 g/mol. The summed E-state index contributed by atoms with van der Waals surface area (Å²) in [6, 6.07) is 2.36. The number of amides is 2. The molecule has 1 fully saturated rings. The summed E-state index contributed by atoms with van der Waals surface area (Å²) in [6.07, 6.45) is 3.47. The van der Waals surface area contributed by atoms with Crippen LogP contribution >= 0.6 is 34.4 Å².